The molecule has 0 radical (unpaired) electrons. The molecule has 0 aromatic heterocycles. The molecule has 2 N–H and O–H groups in total. The summed E-state index contributed by atoms with van der Waals surface area (Å²) in [5, 5.41) is 7.03. The van der Waals surface area contributed by atoms with Crippen molar-refractivity contribution in [3.8, 4) is 0 Å². The molecule has 1 heterocycles. The molecule has 7 heteroatoms. The first-order chi connectivity index (χ1) is 14.4. The number of carbonyl (C=O) groups excluding carboxylic acids is 1. The van der Waals surface area contributed by atoms with Crippen LogP contribution >= 0.6 is 0 Å². The zero-order chi connectivity index (χ0) is 21.5. The number of anilines is 1. The highest BCUT2D eigenvalue weighted by molar-refractivity contribution is 5.85. The first kappa shape index (κ1) is 22.4. The van der Waals surface area contributed by atoms with E-state index in [0.29, 0.717) is 12.1 Å². The number of hydrogen-bond acceptors (Lipinski definition) is 4. The molecule has 7 nitrogen and oxygen atoms in total. The third-order valence-electron chi connectivity index (χ3n) is 6.01. The largest absolute Gasteiger partial charge is 0.375 e. The number of para-hydroxylation sites is 1. The molecule has 2 unspecified atom stereocenters. The van der Waals surface area contributed by atoms with E-state index in [-0.39, 0.29) is 12.5 Å². The molecule has 1 aromatic rings. The van der Waals surface area contributed by atoms with Gasteiger partial charge in [0.05, 0.1) is 0 Å². The van der Waals surface area contributed by atoms with Gasteiger partial charge in [-0.25, -0.2) is 4.99 Å². The highest BCUT2D eigenvalue weighted by atomic mass is 16.2. The Morgan fingerprint density at radius 3 is 2.60 bits per heavy atom. The predicted octanol–water partition coefficient (Wildman–Crippen LogP) is 1.76. The second kappa shape index (κ2) is 10.7. The van der Waals surface area contributed by atoms with Crippen molar-refractivity contribution in [1.82, 2.24) is 20.4 Å². The van der Waals surface area contributed by atoms with Gasteiger partial charge in [-0.3, -0.25) is 9.69 Å². The molecule has 1 aromatic carbocycles. The number of nitrogens with zero attached hydrogens (tertiary/aromatic N) is 4. The van der Waals surface area contributed by atoms with Gasteiger partial charge in [-0.2, -0.15) is 0 Å². The first-order valence-electron chi connectivity index (χ1n) is 11.2. The number of benzene rings is 1. The van der Waals surface area contributed by atoms with Crippen molar-refractivity contribution >= 4 is 17.6 Å². The van der Waals surface area contributed by atoms with Crippen LogP contribution in [0.15, 0.2) is 35.3 Å². The van der Waals surface area contributed by atoms with Crippen molar-refractivity contribution in [3.63, 3.8) is 0 Å². The van der Waals surface area contributed by atoms with Gasteiger partial charge < -0.3 is 20.4 Å². The summed E-state index contributed by atoms with van der Waals surface area (Å²) in [7, 11) is 5.65. The maximum Gasteiger partial charge on any atom is 0.243 e. The summed E-state index contributed by atoms with van der Waals surface area (Å²) in [6.07, 6.45) is 4.78. The van der Waals surface area contributed by atoms with E-state index in [1.54, 1.807) is 19.0 Å². The van der Waals surface area contributed by atoms with E-state index in [1.807, 2.05) is 6.07 Å². The van der Waals surface area contributed by atoms with Gasteiger partial charge in [-0.05, 0) is 44.7 Å². The Bertz CT molecular complexity index is 703. The van der Waals surface area contributed by atoms with Crippen LogP contribution in [0, 0.1) is 0 Å². The Balaban J connectivity index is 1.49. The lowest BCUT2D eigenvalue weighted by atomic mass is 10.2. The summed E-state index contributed by atoms with van der Waals surface area (Å²) in [4.78, 5) is 23.0. The van der Waals surface area contributed by atoms with Crippen LogP contribution in [0.5, 0.6) is 0 Å². The summed E-state index contributed by atoms with van der Waals surface area (Å²) in [6, 6.07) is 12.2. The van der Waals surface area contributed by atoms with E-state index < -0.39 is 0 Å². The maximum absolute atomic E-state index is 12.0. The smallest absolute Gasteiger partial charge is 0.243 e. The zero-order valence-corrected chi connectivity index (χ0v) is 19.0. The van der Waals surface area contributed by atoms with Gasteiger partial charge in [0.2, 0.25) is 5.91 Å². The maximum atomic E-state index is 12.0. The molecule has 166 valence electrons. The minimum atomic E-state index is 0.0132. The van der Waals surface area contributed by atoms with E-state index in [1.165, 1.54) is 18.5 Å². The summed E-state index contributed by atoms with van der Waals surface area (Å²) >= 11 is 0. The monoisotopic (exact) mass is 414 g/mol. The molecule has 1 aliphatic carbocycles. The lowest BCUT2D eigenvalue weighted by molar-refractivity contribution is -0.127. The third kappa shape index (κ3) is 6.62. The predicted molar refractivity (Wildman–Crippen MR) is 124 cm³/mol. The minimum Gasteiger partial charge on any atom is -0.375 e. The average Bonchev–Trinajstić information content (AvgIpc) is 3.51. The number of rotatable bonds is 9. The second-order valence-electron chi connectivity index (χ2n) is 8.84. The van der Waals surface area contributed by atoms with Gasteiger partial charge in [0.15, 0.2) is 5.96 Å². The van der Waals surface area contributed by atoms with Crippen molar-refractivity contribution < 1.29 is 4.79 Å². The Morgan fingerprint density at radius 2 is 1.93 bits per heavy atom. The summed E-state index contributed by atoms with van der Waals surface area (Å²) in [5.74, 6) is 0.765. The fourth-order valence-electron chi connectivity index (χ4n) is 4.04. The van der Waals surface area contributed by atoms with Gasteiger partial charge in [-0.15, -0.1) is 0 Å². The van der Waals surface area contributed by atoms with Crippen LogP contribution in [0.4, 0.5) is 5.69 Å². The molecule has 30 heavy (non-hydrogen) atoms. The molecule has 2 aliphatic rings. The lowest BCUT2D eigenvalue weighted by Crippen LogP contribution is -2.46. The molecular formula is C23H38N6O. The molecule has 1 saturated carbocycles. The van der Waals surface area contributed by atoms with Crippen LogP contribution in [0.2, 0.25) is 0 Å². The van der Waals surface area contributed by atoms with E-state index >= 15 is 0 Å². The number of nitrogens with one attached hydrogen (secondary N) is 2. The Morgan fingerprint density at radius 1 is 1.20 bits per heavy atom. The van der Waals surface area contributed by atoms with Gasteiger partial charge in [-0.1, -0.05) is 18.2 Å². The highest BCUT2D eigenvalue weighted by Gasteiger charge is 2.38. The van der Waals surface area contributed by atoms with E-state index in [4.69, 9.17) is 0 Å². The molecular weight excluding hydrogens is 376 g/mol. The molecule has 0 spiro atoms. The number of likely N-dealkylation sites (tertiary alicyclic amines) is 1. The van der Waals surface area contributed by atoms with Crippen LogP contribution in [-0.4, -0.2) is 87.1 Å². The Labute approximate surface area is 181 Å². The number of amides is 1. The van der Waals surface area contributed by atoms with Crippen molar-refractivity contribution in [2.75, 3.05) is 52.2 Å². The quantitative estimate of drug-likeness (QED) is 0.366. The van der Waals surface area contributed by atoms with E-state index in [0.717, 1.165) is 44.5 Å². The normalized spacial score (nSPS) is 22.1. The van der Waals surface area contributed by atoms with Crippen LogP contribution in [0.3, 0.4) is 0 Å². The molecule has 2 fully saturated rings. The molecule has 2 atom stereocenters. The van der Waals surface area contributed by atoms with E-state index in [2.05, 4.69) is 63.7 Å². The van der Waals surface area contributed by atoms with Crippen molar-refractivity contribution in [3.05, 3.63) is 30.3 Å². The van der Waals surface area contributed by atoms with Crippen LogP contribution in [-0.2, 0) is 4.79 Å². The van der Waals surface area contributed by atoms with Gasteiger partial charge in [0.25, 0.3) is 0 Å². The standard InChI is InChI=1S/C23H38N6O/c1-18-15-19(17-29(18)21-11-12-21)26-23(25-16-22(30)27(2)3)24-13-8-14-28(4)20-9-6-5-7-10-20/h5-7,9-10,18-19,21H,8,11-17H2,1-4H3,(H2,24,25,26). The molecule has 1 aliphatic heterocycles. The second-order valence-corrected chi connectivity index (χ2v) is 8.84. The number of aliphatic imine (C=N–C) groups is 1. The molecule has 0 bridgehead atoms. The molecule has 1 amide bonds. The summed E-state index contributed by atoms with van der Waals surface area (Å²) < 4.78 is 0. The molecule has 1 saturated heterocycles. The van der Waals surface area contributed by atoms with Gasteiger partial charge in [0, 0.05) is 64.6 Å². The van der Waals surface area contributed by atoms with Crippen LogP contribution in [0.1, 0.15) is 32.6 Å². The fourth-order valence-corrected chi connectivity index (χ4v) is 4.04. The van der Waals surface area contributed by atoms with Crippen LogP contribution in [0.25, 0.3) is 0 Å². The van der Waals surface area contributed by atoms with Gasteiger partial charge >= 0.3 is 0 Å². The topological polar surface area (TPSA) is 63.2 Å². The third-order valence-corrected chi connectivity index (χ3v) is 6.01. The Hall–Kier alpha value is -2.28. The van der Waals surface area contributed by atoms with Crippen molar-refractivity contribution in [2.24, 2.45) is 4.99 Å². The number of likely N-dealkylation sites (N-methyl/N-ethyl adjacent to an activating group) is 1. The fraction of sp³-hybridized carbons (Fsp3) is 0.652. The molecule has 3 rings (SSSR count). The summed E-state index contributed by atoms with van der Waals surface area (Å²) in [5.41, 5.74) is 1.22. The van der Waals surface area contributed by atoms with E-state index in [9.17, 15) is 4.79 Å². The van der Waals surface area contributed by atoms with Crippen LogP contribution < -0.4 is 15.5 Å². The highest BCUT2D eigenvalue weighted by Crippen LogP contribution is 2.33. The number of hydrogen-bond donors (Lipinski definition) is 2. The average molecular weight is 415 g/mol. The first-order valence-corrected chi connectivity index (χ1v) is 11.2. The SMILES string of the molecule is CC1CC(NC(=NCC(=O)N(C)C)NCCCN(C)c2ccccc2)CN1C1CC1. The minimum absolute atomic E-state index is 0.0132. The number of guanidine groups is 1. The van der Waals surface area contributed by atoms with Crippen molar-refractivity contribution in [2.45, 2.75) is 50.7 Å². The number of carbonyl (C=O) groups is 1. The van der Waals surface area contributed by atoms with Gasteiger partial charge in [0.1, 0.15) is 6.54 Å². The lowest BCUT2D eigenvalue weighted by Gasteiger charge is -2.21. The summed E-state index contributed by atoms with van der Waals surface area (Å²) in [6.45, 7) is 5.32. The van der Waals surface area contributed by atoms with Crippen molar-refractivity contribution in [1.29, 1.82) is 0 Å². The zero-order valence-electron chi connectivity index (χ0n) is 19.0. The Kier molecular flexibility index (Phi) is 7.96.